The second-order valence-electron chi connectivity index (χ2n) is 10.4. The monoisotopic (exact) mass is 403 g/mol. The molecule has 1 aliphatic rings. The average molecular weight is 404 g/mol. The van der Waals surface area contributed by atoms with Crippen LogP contribution in [0.1, 0.15) is 83.5 Å². The Balaban J connectivity index is 2.32. The van der Waals surface area contributed by atoms with E-state index in [1.807, 2.05) is 20.8 Å². The third-order valence-electron chi connectivity index (χ3n) is 5.76. The molecule has 1 aromatic rings. The van der Waals surface area contributed by atoms with Crippen molar-refractivity contribution in [3.63, 3.8) is 0 Å². The van der Waals surface area contributed by atoms with Crippen molar-refractivity contribution in [2.45, 2.75) is 92.2 Å². The van der Waals surface area contributed by atoms with Crippen LogP contribution < -0.4 is 0 Å². The highest BCUT2D eigenvalue weighted by Gasteiger charge is 2.39. The lowest BCUT2D eigenvalue weighted by atomic mass is 9.93. The van der Waals surface area contributed by atoms with Crippen LogP contribution in [-0.2, 0) is 27.0 Å². The third kappa shape index (κ3) is 5.32. The van der Waals surface area contributed by atoms with Crippen LogP contribution in [0.2, 0.25) is 18.1 Å². The Morgan fingerprint density at radius 1 is 1.21 bits per heavy atom. The van der Waals surface area contributed by atoms with Crippen LogP contribution in [-0.4, -0.2) is 19.3 Å². The third-order valence-corrected chi connectivity index (χ3v) is 10.3. The van der Waals surface area contributed by atoms with Crippen molar-refractivity contribution in [3.8, 4) is 0 Å². The number of carbonyl (C=O) groups excluding carboxylic acids is 1. The predicted octanol–water partition coefficient (Wildman–Crippen LogP) is 6.21. The van der Waals surface area contributed by atoms with Gasteiger partial charge in [-0.05, 0) is 81.9 Å². The summed E-state index contributed by atoms with van der Waals surface area (Å²) in [4.78, 5) is 16.9. The lowest BCUT2D eigenvalue weighted by Crippen LogP contribution is -2.41. The molecule has 0 fully saturated rings. The Kier molecular flexibility index (Phi) is 6.61. The van der Waals surface area contributed by atoms with Crippen LogP contribution in [0.15, 0.2) is 12.1 Å². The maximum absolute atomic E-state index is 12.2. The molecule has 0 aromatic carbocycles. The Morgan fingerprint density at radius 2 is 1.86 bits per heavy atom. The Hall–Kier alpha value is -1.46. The summed E-state index contributed by atoms with van der Waals surface area (Å²) >= 11 is 0. The van der Waals surface area contributed by atoms with E-state index in [-0.39, 0.29) is 23.7 Å². The van der Waals surface area contributed by atoms with Crippen LogP contribution in [0, 0.1) is 5.41 Å². The van der Waals surface area contributed by atoms with Crippen LogP contribution in [0.25, 0.3) is 6.08 Å². The van der Waals surface area contributed by atoms with Gasteiger partial charge in [-0.3, -0.25) is 4.79 Å². The first-order valence-electron chi connectivity index (χ1n) is 10.3. The average Bonchev–Trinajstić information content (AvgIpc) is 2.56. The summed E-state index contributed by atoms with van der Waals surface area (Å²) in [5.41, 5.74) is 3.69. The van der Waals surface area contributed by atoms with Crippen LogP contribution in [0.3, 0.4) is 0 Å². The van der Waals surface area contributed by atoms with Gasteiger partial charge >= 0.3 is 5.97 Å². The highest BCUT2D eigenvalue weighted by molar-refractivity contribution is 6.74. The number of fused-ring (bicyclic) bond motifs is 1. The number of pyridine rings is 1. The lowest BCUT2D eigenvalue weighted by Gasteiger charge is -2.39. The fraction of sp³-hybridized carbons (Fsp3) is 0.652. The molecule has 0 N–H and O–H groups in total. The molecule has 0 saturated carbocycles. The van der Waals surface area contributed by atoms with Gasteiger partial charge in [0.15, 0.2) is 8.32 Å². The quantitative estimate of drug-likeness (QED) is 0.433. The summed E-state index contributed by atoms with van der Waals surface area (Å²) in [6, 6.07) is 2.08. The summed E-state index contributed by atoms with van der Waals surface area (Å²) in [5, 5.41) is 0.152. The maximum atomic E-state index is 12.2. The normalized spacial score (nSPS) is 15.9. The van der Waals surface area contributed by atoms with E-state index < -0.39 is 13.7 Å². The topological polar surface area (TPSA) is 48.4 Å². The van der Waals surface area contributed by atoms with Gasteiger partial charge in [0.2, 0.25) is 0 Å². The number of aromatic nitrogens is 1. The molecule has 0 unspecified atom stereocenters. The highest BCUT2D eigenvalue weighted by Crippen LogP contribution is 2.40. The van der Waals surface area contributed by atoms with Crippen LogP contribution in [0.5, 0.6) is 0 Å². The number of hydrogen-bond acceptors (Lipinski definition) is 4. The fourth-order valence-electron chi connectivity index (χ4n) is 2.98. The summed E-state index contributed by atoms with van der Waals surface area (Å²) in [7, 11) is -1.90. The van der Waals surface area contributed by atoms with E-state index in [4.69, 9.17) is 14.1 Å². The first-order valence-corrected chi connectivity index (χ1v) is 13.2. The van der Waals surface area contributed by atoms with Crippen molar-refractivity contribution < 1.29 is 14.0 Å². The molecule has 0 radical (unpaired) electrons. The largest absolute Gasteiger partial charge is 0.459 e. The van der Waals surface area contributed by atoms with Gasteiger partial charge in [0, 0.05) is 0 Å². The minimum atomic E-state index is -1.90. The van der Waals surface area contributed by atoms with Gasteiger partial charge in [0.05, 0.1) is 22.9 Å². The van der Waals surface area contributed by atoms with Crippen LogP contribution >= 0.6 is 0 Å². The number of ether oxygens (including phenoxy) is 1. The van der Waals surface area contributed by atoms with E-state index in [2.05, 4.69) is 59.0 Å². The number of nitrogens with zero attached hydrogens (tertiary/aromatic N) is 1. The summed E-state index contributed by atoms with van der Waals surface area (Å²) in [6.07, 6.45) is 6.22. The van der Waals surface area contributed by atoms with E-state index in [9.17, 15) is 4.79 Å². The molecule has 156 valence electrons. The molecule has 4 nitrogen and oxygen atoms in total. The molecule has 1 aliphatic carbocycles. The van der Waals surface area contributed by atoms with Crippen molar-refractivity contribution in [3.05, 3.63) is 34.7 Å². The molecule has 0 bridgehead atoms. The minimum Gasteiger partial charge on any atom is -0.459 e. The van der Waals surface area contributed by atoms with E-state index in [0.717, 1.165) is 24.2 Å². The Bertz CT molecular complexity index is 754. The molecule has 0 aliphatic heterocycles. The van der Waals surface area contributed by atoms with Gasteiger partial charge in [0.1, 0.15) is 6.61 Å². The molecular weight excluding hydrogens is 366 g/mol. The number of esters is 1. The summed E-state index contributed by atoms with van der Waals surface area (Å²) in [5.74, 6) is -0.213. The molecule has 5 heteroatoms. The smallest absolute Gasteiger partial charge is 0.311 e. The molecule has 1 atom stereocenters. The zero-order valence-electron chi connectivity index (χ0n) is 19.1. The zero-order valence-corrected chi connectivity index (χ0v) is 20.1. The number of carbonyl (C=O) groups is 1. The number of allylic oxidation sites excluding steroid dienone is 1. The molecule has 28 heavy (non-hydrogen) atoms. The molecule has 2 rings (SSSR count). The van der Waals surface area contributed by atoms with Crippen molar-refractivity contribution in [2.75, 3.05) is 0 Å². The van der Waals surface area contributed by atoms with Gasteiger partial charge in [-0.25, -0.2) is 4.98 Å². The Morgan fingerprint density at radius 3 is 2.43 bits per heavy atom. The van der Waals surface area contributed by atoms with Gasteiger partial charge < -0.3 is 9.16 Å². The van der Waals surface area contributed by atoms with Crippen LogP contribution in [0.4, 0.5) is 0 Å². The van der Waals surface area contributed by atoms with E-state index in [0.29, 0.717) is 0 Å². The SMILES string of the molecule is C[C@H](O[Si](C)(C)C(C)(C)C)c1cc(COC(=O)C(C)(C)C)nc2c1CCC=C2. The molecule has 0 spiro atoms. The lowest BCUT2D eigenvalue weighted by molar-refractivity contribution is -0.154. The Labute approximate surface area is 171 Å². The van der Waals surface area contributed by atoms with Gasteiger partial charge in [-0.15, -0.1) is 0 Å². The van der Waals surface area contributed by atoms with Gasteiger partial charge in [-0.2, -0.15) is 0 Å². The van der Waals surface area contributed by atoms with Crippen molar-refractivity contribution in [2.24, 2.45) is 5.41 Å². The number of hydrogen-bond donors (Lipinski definition) is 0. The summed E-state index contributed by atoms with van der Waals surface area (Å²) < 4.78 is 12.2. The van der Waals surface area contributed by atoms with E-state index >= 15 is 0 Å². The zero-order chi connectivity index (χ0) is 21.3. The first kappa shape index (κ1) is 22.8. The first-order chi connectivity index (χ1) is 12.7. The predicted molar refractivity (Wildman–Crippen MR) is 118 cm³/mol. The molecule has 0 amide bonds. The standard InChI is InChI=1S/C23H37NO3Si/c1-16(27-28(8,9)23(5,6)7)19-14-17(15-26-21(25)22(2,3)4)24-20-13-11-10-12-18(19)20/h11,13-14,16H,10,12,15H2,1-9H3/t16-/m0/s1. The second-order valence-corrected chi connectivity index (χ2v) is 15.1. The van der Waals surface area contributed by atoms with E-state index in [1.54, 1.807) is 0 Å². The van der Waals surface area contributed by atoms with E-state index in [1.165, 1.54) is 11.1 Å². The van der Waals surface area contributed by atoms with Gasteiger partial charge in [-0.1, -0.05) is 26.8 Å². The molecular formula is C23H37NO3Si. The molecule has 1 aromatic heterocycles. The number of rotatable bonds is 5. The molecule has 0 saturated heterocycles. The highest BCUT2D eigenvalue weighted by atomic mass is 28.4. The fourth-order valence-corrected chi connectivity index (χ4v) is 4.34. The second kappa shape index (κ2) is 8.11. The summed E-state index contributed by atoms with van der Waals surface area (Å²) in [6.45, 7) is 19.2. The van der Waals surface area contributed by atoms with Crippen molar-refractivity contribution >= 4 is 20.4 Å². The maximum Gasteiger partial charge on any atom is 0.311 e. The van der Waals surface area contributed by atoms with Crippen molar-refractivity contribution in [1.82, 2.24) is 4.98 Å². The van der Waals surface area contributed by atoms with Crippen molar-refractivity contribution in [1.29, 1.82) is 0 Å². The molecule has 1 heterocycles. The van der Waals surface area contributed by atoms with Gasteiger partial charge in [0.25, 0.3) is 0 Å². The minimum absolute atomic E-state index is 0.0128.